The Hall–Kier alpha value is -5.32. The second-order valence-corrected chi connectivity index (χ2v) is 11.8. The lowest BCUT2D eigenvalue weighted by molar-refractivity contribution is -0.136. The number of rotatable bonds is 6. The highest BCUT2D eigenvalue weighted by Crippen LogP contribution is 2.60. The van der Waals surface area contributed by atoms with Gasteiger partial charge in [-0.1, -0.05) is 84.9 Å². The summed E-state index contributed by atoms with van der Waals surface area (Å²) in [5.41, 5.74) is 2.26. The van der Waals surface area contributed by atoms with Gasteiger partial charge in [-0.3, -0.25) is 19.2 Å². The van der Waals surface area contributed by atoms with E-state index in [1.165, 1.54) is 24.0 Å². The Bertz CT molecular complexity index is 1750. The number of hydrazine groups is 1. The van der Waals surface area contributed by atoms with E-state index in [-0.39, 0.29) is 11.8 Å². The molecule has 0 saturated carbocycles. The highest BCUT2D eigenvalue weighted by molar-refractivity contribution is 6.26. The fourth-order valence-corrected chi connectivity index (χ4v) is 7.90. The first kappa shape index (κ1) is 28.2. The monoisotopic (exact) mass is 614 g/mol. The van der Waals surface area contributed by atoms with Crippen LogP contribution in [0.5, 0.6) is 11.5 Å². The molecule has 4 saturated heterocycles. The Labute approximate surface area is 265 Å². The number of hydrogen-bond acceptors (Lipinski definition) is 8. The Kier molecular flexibility index (Phi) is 6.52. The lowest BCUT2D eigenvalue weighted by atomic mass is 9.84. The molecule has 0 aromatic heterocycles. The number of carbonyl (C=O) groups is 4. The third-order valence-electron chi connectivity index (χ3n) is 9.66. The predicted molar refractivity (Wildman–Crippen MR) is 168 cm³/mol. The number of methoxy groups -OCH3 is 2. The number of para-hydroxylation sites is 4. The van der Waals surface area contributed by atoms with E-state index in [0.29, 0.717) is 22.9 Å². The number of amides is 4. The van der Waals surface area contributed by atoms with Crippen LogP contribution in [0, 0.1) is 11.8 Å². The highest BCUT2D eigenvalue weighted by atomic mass is 16.5. The molecule has 0 N–H and O–H groups in total. The summed E-state index contributed by atoms with van der Waals surface area (Å²) >= 11 is 0. The molecule has 4 amide bonds. The van der Waals surface area contributed by atoms with Gasteiger partial charge in [0.05, 0.1) is 49.5 Å². The van der Waals surface area contributed by atoms with Gasteiger partial charge in [0.1, 0.15) is 23.6 Å². The van der Waals surface area contributed by atoms with Gasteiger partial charge in [-0.2, -0.15) is 0 Å². The number of hydrogen-bond donors (Lipinski definition) is 0. The van der Waals surface area contributed by atoms with Gasteiger partial charge < -0.3 is 9.47 Å². The number of ether oxygens (including phenoxy) is 2. The van der Waals surface area contributed by atoms with E-state index < -0.39 is 47.8 Å². The van der Waals surface area contributed by atoms with Crippen molar-refractivity contribution in [2.24, 2.45) is 11.8 Å². The molecule has 4 aromatic carbocycles. The number of fused-ring (bicyclic) bond motifs is 5. The van der Waals surface area contributed by atoms with Gasteiger partial charge in [-0.05, 0) is 35.4 Å². The van der Waals surface area contributed by atoms with E-state index in [4.69, 9.17) is 9.47 Å². The molecule has 0 bridgehead atoms. The summed E-state index contributed by atoms with van der Waals surface area (Å²) in [7, 11) is 2.99. The lowest BCUT2D eigenvalue weighted by Gasteiger charge is -2.36. The minimum absolute atomic E-state index is 0.359. The van der Waals surface area contributed by atoms with Gasteiger partial charge in [0.15, 0.2) is 0 Å². The van der Waals surface area contributed by atoms with Crippen molar-refractivity contribution in [3.63, 3.8) is 0 Å². The molecule has 0 radical (unpaired) electrons. The van der Waals surface area contributed by atoms with Crippen LogP contribution in [0.15, 0.2) is 109 Å². The van der Waals surface area contributed by atoms with Gasteiger partial charge in [0.2, 0.25) is 11.8 Å². The van der Waals surface area contributed by atoms with Crippen molar-refractivity contribution in [3.8, 4) is 11.5 Å². The molecule has 0 spiro atoms. The van der Waals surface area contributed by atoms with Crippen LogP contribution in [0.4, 0.5) is 11.4 Å². The van der Waals surface area contributed by atoms with Gasteiger partial charge >= 0.3 is 0 Å². The van der Waals surface area contributed by atoms with Crippen LogP contribution in [0.2, 0.25) is 0 Å². The molecule has 46 heavy (non-hydrogen) atoms. The fraction of sp³-hybridized carbons (Fsp3) is 0.222. The number of anilines is 2. The summed E-state index contributed by atoms with van der Waals surface area (Å²) in [4.78, 5) is 60.7. The van der Waals surface area contributed by atoms with Crippen molar-refractivity contribution >= 4 is 35.0 Å². The van der Waals surface area contributed by atoms with Crippen molar-refractivity contribution < 1.29 is 28.7 Å². The molecule has 230 valence electrons. The van der Waals surface area contributed by atoms with Crippen molar-refractivity contribution in [3.05, 3.63) is 120 Å². The highest BCUT2D eigenvalue weighted by Gasteiger charge is 2.73. The molecular formula is C36H30N4O6. The van der Waals surface area contributed by atoms with Crippen molar-refractivity contribution in [2.45, 2.75) is 24.2 Å². The minimum atomic E-state index is -0.960. The van der Waals surface area contributed by atoms with Crippen molar-refractivity contribution in [2.75, 3.05) is 24.0 Å². The zero-order valence-corrected chi connectivity index (χ0v) is 25.1. The Morgan fingerprint density at radius 2 is 0.783 bits per heavy atom. The zero-order chi connectivity index (χ0) is 31.7. The van der Waals surface area contributed by atoms with Gasteiger partial charge in [0.25, 0.3) is 11.8 Å². The number of nitrogens with zero attached hydrogens (tertiary/aromatic N) is 4. The molecule has 10 heteroatoms. The second-order valence-electron chi connectivity index (χ2n) is 11.8. The van der Waals surface area contributed by atoms with Gasteiger partial charge in [-0.25, -0.2) is 19.8 Å². The third-order valence-corrected chi connectivity index (χ3v) is 9.66. The molecule has 0 aliphatic carbocycles. The molecule has 10 nitrogen and oxygen atoms in total. The molecule has 4 aromatic rings. The minimum Gasteiger partial charge on any atom is -0.495 e. The molecule has 4 heterocycles. The average molecular weight is 615 g/mol. The van der Waals surface area contributed by atoms with Crippen LogP contribution in [0.1, 0.15) is 23.2 Å². The van der Waals surface area contributed by atoms with E-state index in [2.05, 4.69) is 0 Å². The molecular weight excluding hydrogens is 584 g/mol. The van der Waals surface area contributed by atoms with Crippen molar-refractivity contribution in [1.29, 1.82) is 0 Å². The lowest BCUT2D eigenvalue weighted by Crippen LogP contribution is -2.50. The second kappa shape index (κ2) is 10.6. The van der Waals surface area contributed by atoms with E-state index in [0.717, 1.165) is 11.1 Å². The van der Waals surface area contributed by atoms with Crippen LogP contribution in [-0.4, -0.2) is 59.9 Å². The predicted octanol–water partition coefficient (Wildman–Crippen LogP) is 4.15. The molecule has 4 fully saturated rings. The summed E-state index contributed by atoms with van der Waals surface area (Å²) in [5.74, 6) is -2.53. The standard InChI is InChI=1S/C36H30N4O6/c1-45-25-19-11-9-17-23(25)37-33(41)27-29(21-13-5-3-6-14-21)40-32-28(30(22-15-7-4-8-16-22)39(40)31(27)35(37)43)34(42)38(36(32)44)24-18-10-12-20-26(24)46-2/h3-20,27-32H,1-2H3. The number of imide groups is 2. The third kappa shape index (κ3) is 3.77. The van der Waals surface area contributed by atoms with Crippen LogP contribution >= 0.6 is 0 Å². The maximum atomic E-state index is 14.6. The zero-order valence-electron chi connectivity index (χ0n) is 25.1. The number of carbonyl (C=O) groups excluding carboxylic acids is 4. The Morgan fingerprint density at radius 3 is 1.15 bits per heavy atom. The maximum Gasteiger partial charge on any atom is 0.253 e. The van der Waals surface area contributed by atoms with E-state index in [1.54, 1.807) is 48.5 Å². The molecule has 6 atom stereocenters. The number of benzene rings is 4. The SMILES string of the molecule is COc1ccccc1N1C(=O)C2C(C1=O)N1C(c3ccccc3)C3C(=O)N(c4ccccc4OC)C(=O)C3N1C2c1ccccc1. The largest absolute Gasteiger partial charge is 0.495 e. The van der Waals surface area contributed by atoms with Crippen LogP contribution in [-0.2, 0) is 19.2 Å². The molecule has 4 aliphatic rings. The Balaban J connectivity index is 1.33. The molecule has 8 rings (SSSR count). The average Bonchev–Trinajstić information content (AvgIpc) is 3.76. The van der Waals surface area contributed by atoms with E-state index in [1.807, 2.05) is 70.7 Å². The first-order valence-electron chi connectivity index (χ1n) is 15.2. The quantitative estimate of drug-likeness (QED) is 0.299. The summed E-state index contributed by atoms with van der Waals surface area (Å²) in [5, 5.41) is 3.72. The normalized spacial score (nSPS) is 27.3. The summed E-state index contributed by atoms with van der Waals surface area (Å²) < 4.78 is 11.1. The molecule has 6 unspecified atom stereocenters. The van der Waals surface area contributed by atoms with Gasteiger partial charge in [0, 0.05) is 0 Å². The summed E-state index contributed by atoms with van der Waals surface area (Å²) in [6.07, 6.45) is 0. The first-order valence-corrected chi connectivity index (χ1v) is 15.2. The topological polar surface area (TPSA) is 99.7 Å². The summed E-state index contributed by atoms with van der Waals surface area (Å²) in [6, 6.07) is 29.4. The van der Waals surface area contributed by atoms with Crippen LogP contribution in [0.25, 0.3) is 0 Å². The van der Waals surface area contributed by atoms with Crippen molar-refractivity contribution in [1.82, 2.24) is 10.0 Å². The van der Waals surface area contributed by atoms with Crippen LogP contribution in [0.3, 0.4) is 0 Å². The van der Waals surface area contributed by atoms with Crippen LogP contribution < -0.4 is 19.3 Å². The van der Waals surface area contributed by atoms with E-state index in [9.17, 15) is 19.2 Å². The maximum absolute atomic E-state index is 14.6. The summed E-state index contributed by atoms with van der Waals surface area (Å²) in [6.45, 7) is 0. The van der Waals surface area contributed by atoms with E-state index >= 15 is 0 Å². The Morgan fingerprint density at radius 1 is 0.435 bits per heavy atom. The first-order chi connectivity index (χ1) is 22.5. The fourth-order valence-electron chi connectivity index (χ4n) is 7.90. The smallest absolute Gasteiger partial charge is 0.253 e. The molecule has 4 aliphatic heterocycles. The van der Waals surface area contributed by atoms with Gasteiger partial charge in [-0.15, -0.1) is 0 Å².